The number of hydrogen-bond donors (Lipinski definition) is 1. The molecule has 1 N–H and O–H groups in total. The van der Waals surface area contributed by atoms with Crippen LogP contribution in [-0.2, 0) is 11.3 Å². The molecule has 1 aliphatic rings. The summed E-state index contributed by atoms with van der Waals surface area (Å²) in [5.74, 6) is 0.780. The molecule has 1 aromatic carbocycles. The maximum atomic E-state index is 12.0. The molecule has 4 heteroatoms. The summed E-state index contributed by atoms with van der Waals surface area (Å²) in [4.78, 5) is 15.9. The van der Waals surface area contributed by atoms with Crippen LogP contribution in [0, 0.1) is 11.3 Å². The van der Waals surface area contributed by atoms with Gasteiger partial charge in [0, 0.05) is 23.4 Å². The molecule has 0 bridgehead atoms. The van der Waals surface area contributed by atoms with E-state index in [-0.39, 0.29) is 11.3 Å². The second-order valence-electron chi connectivity index (χ2n) is 7.49. The topological polar surface area (TPSA) is 32.3 Å². The van der Waals surface area contributed by atoms with Crippen LogP contribution in [0.3, 0.4) is 0 Å². The number of nitrogens with one attached hydrogen (secondary N) is 1. The number of amides is 1. The standard InChI is InChI=1S/C19H30N2OS/c1-19(2,3)18(22)20-13-15-9-11-21(12-10-15)14-16-7-5-6-8-17(16)23-4/h5-8,15H,9-14H2,1-4H3,(H,20,22). The lowest BCUT2D eigenvalue weighted by atomic mass is 9.93. The summed E-state index contributed by atoms with van der Waals surface area (Å²) in [6.07, 6.45) is 4.49. The second kappa shape index (κ2) is 8.20. The SMILES string of the molecule is CSc1ccccc1CN1CCC(CNC(=O)C(C)(C)C)CC1. The maximum Gasteiger partial charge on any atom is 0.225 e. The number of piperidine rings is 1. The molecule has 0 spiro atoms. The highest BCUT2D eigenvalue weighted by molar-refractivity contribution is 7.98. The van der Waals surface area contributed by atoms with Crippen LogP contribution < -0.4 is 5.32 Å². The Balaban J connectivity index is 1.77. The van der Waals surface area contributed by atoms with Crippen molar-refractivity contribution in [3.05, 3.63) is 29.8 Å². The Morgan fingerprint density at radius 3 is 2.52 bits per heavy atom. The normalized spacial score (nSPS) is 17.2. The van der Waals surface area contributed by atoms with E-state index < -0.39 is 0 Å². The molecule has 0 radical (unpaired) electrons. The van der Waals surface area contributed by atoms with Gasteiger partial charge in [0.15, 0.2) is 0 Å². The third kappa shape index (κ3) is 5.54. The van der Waals surface area contributed by atoms with Gasteiger partial charge in [0.2, 0.25) is 5.91 Å². The summed E-state index contributed by atoms with van der Waals surface area (Å²) in [5.41, 5.74) is 1.14. The lowest BCUT2D eigenvalue weighted by Crippen LogP contribution is -2.41. The lowest BCUT2D eigenvalue weighted by molar-refractivity contribution is -0.128. The van der Waals surface area contributed by atoms with Gasteiger partial charge in [-0.1, -0.05) is 39.0 Å². The van der Waals surface area contributed by atoms with Crippen molar-refractivity contribution in [1.29, 1.82) is 0 Å². The summed E-state index contributed by atoms with van der Waals surface area (Å²) in [6, 6.07) is 8.68. The van der Waals surface area contributed by atoms with Crippen LogP contribution in [0.25, 0.3) is 0 Å². The smallest absolute Gasteiger partial charge is 0.225 e. The zero-order valence-electron chi connectivity index (χ0n) is 14.9. The molecule has 1 fully saturated rings. The van der Waals surface area contributed by atoms with E-state index in [9.17, 15) is 4.79 Å². The molecule has 23 heavy (non-hydrogen) atoms. The minimum Gasteiger partial charge on any atom is -0.355 e. The van der Waals surface area contributed by atoms with Crippen LogP contribution >= 0.6 is 11.8 Å². The quantitative estimate of drug-likeness (QED) is 0.832. The molecule has 1 aliphatic heterocycles. The molecule has 0 aliphatic carbocycles. The molecule has 0 aromatic heterocycles. The number of carbonyl (C=O) groups is 1. The Hall–Kier alpha value is -1.00. The Bertz CT molecular complexity index is 516. The molecule has 1 aromatic rings. The fourth-order valence-corrected chi connectivity index (χ4v) is 3.53. The fraction of sp³-hybridized carbons (Fsp3) is 0.632. The van der Waals surface area contributed by atoms with Crippen LogP contribution in [-0.4, -0.2) is 36.7 Å². The van der Waals surface area contributed by atoms with Gasteiger partial charge in [-0.2, -0.15) is 0 Å². The van der Waals surface area contributed by atoms with Crippen molar-refractivity contribution in [1.82, 2.24) is 10.2 Å². The van der Waals surface area contributed by atoms with Crippen LogP contribution in [0.2, 0.25) is 0 Å². The van der Waals surface area contributed by atoms with Crippen molar-refractivity contribution in [3.63, 3.8) is 0 Å². The number of benzene rings is 1. The average Bonchev–Trinajstić information content (AvgIpc) is 2.53. The van der Waals surface area contributed by atoms with E-state index in [4.69, 9.17) is 0 Å². The van der Waals surface area contributed by atoms with E-state index in [1.54, 1.807) is 0 Å². The molecule has 2 rings (SSSR count). The molecular formula is C19H30N2OS. The summed E-state index contributed by atoms with van der Waals surface area (Å²) < 4.78 is 0. The highest BCUT2D eigenvalue weighted by atomic mass is 32.2. The largest absolute Gasteiger partial charge is 0.355 e. The zero-order valence-corrected chi connectivity index (χ0v) is 15.7. The van der Waals surface area contributed by atoms with E-state index in [0.717, 1.165) is 26.2 Å². The van der Waals surface area contributed by atoms with Crippen molar-refractivity contribution in [2.24, 2.45) is 11.3 Å². The van der Waals surface area contributed by atoms with Crippen LogP contribution in [0.15, 0.2) is 29.2 Å². The van der Waals surface area contributed by atoms with E-state index in [1.807, 2.05) is 32.5 Å². The minimum atomic E-state index is -0.289. The van der Waals surface area contributed by atoms with Gasteiger partial charge in [-0.3, -0.25) is 9.69 Å². The molecule has 0 atom stereocenters. The van der Waals surface area contributed by atoms with Gasteiger partial charge in [-0.05, 0) is 49.7 Å². The Labute approximate surface area is 145 Å². The molecule has 0 saturated carbocycles. The summed E-state index contributed by atoms with van der Waals surface area (Å²) >= 11 is 1.82. The van der Waals surface area contributed by atoms with Gasteiger partial charge in [-0.15, -0.1) is 11.8 Å². The Kier molecular flexibility index (Phi) is 6.54. The van der Waals surface area contributed by atoms with E-state index >= 15 is 0 Å². The fourth-order valence-electron chi connectivity index (χ4n) is 2.93. The summed E-state index contributed by atoms with van der Waals surface area (Å²) in [5, 5.41) is 3.11. The first-order valence-corrected chi connectivity index (χ1v) is 9.75. The first kappa shape index (κ1) is 18.3. The predicted molar refractivity (Wildman–Crippen MR) is 98.7 cm³/mol. The predicted octanol–water partition coefficient (Wildman–Crippen LogP) is 3.78. The van der Waals surface area contributed by atoms with Gasteiger partial charge >= 0.3 is 0 Å². The maximum absolute atomic E-state index is 12.0. The third-order valence-electron chi connectivity index (χ3n) is 4.53. The number of likely N-dealkylation sites (tertiary alicyclic amines) is 1. The molecule has 1 saturated heterocycles. The molecular weight excluding hydrogens is 304 g/mol. The number of nitrogens with zero attached hydrogens (tertiary/aromatic N) is 1. The monoisotopic (exact) mass is 334 g/mol. The summed E-state index contributed by atoms with van der Waals surface area (Å²) in [7, 11) is 0. The summed E-state index contributed by atoms with van der Waals surface area (Å²) in [6.45, 7) is 10.0. The van der Waals surface area contributed by atoms with Gasteiger partial charge in [0.1, 0.15) is 0 Å². The number of thioether (sulfide) groups is 1. The molecule has 1 heterocycles. The highest BCUT2D eigenvalue weighted by Crippen LogP contribution is 2.24. The third-order valence-corrected chi connectivity index (χ3v) is 5.36. The van der Waals surface area contributed by atoms with Crippen molar-refractivity contribution in [2.45, 2.75) is 45.1 Å². The number of hydrogen-bond acceptors (Lipinski definition) is 3. The number of carbonyl (C=O) groups excluding carboxylic acids is 1. The van der Waals surface area contributed by atoms with Crippen molar-refractivity contribution in [3.8, 4) is 0 Å². The second-order valence-corrected chi connectivity index (χ2v) is 8.34. The highest BCUT2D eigenvalue weighted by Gasteiger charge is 2.24. The van der Waals surface area contributed by atoms with Gasteiger partial charge in [-0.25, -0.2) is 0 Å². The lowest BCUT2D eigenvalue weighted by Gasteiger charge is -2.33. The van der Waals surface area contributed by atoms with Crippen molar-refractivity contribution in [2.75, 3.05) is 25.9 Å². The van der Waals surface area contributed by atoms with E-state index in [1.165, 1.54) is 23.3 Å². The Morgan fingerprint density at radius 2 is 1.91 bits per heavy atom. The molecule has 1 amide bonds. The van der Waals surface area contributed by atoms with E-state index in [0.29, 0.717) is 5.92 Å². The average molecular weight is 335 g/mol. The zero-order chi connectivity index (χ0) is 16.9. The van der Waals surface area contributed by atoms with E-state index in [2.05, 4.69) is 40.7 Å². The van der Waals surface area contributed by atoms with Crippen LogP contribution in [0.5, 0.6) is 0 Å². The Morgan fingerprint density at radius 1 is 1.26 bits per heavy atom. The van der Waals surface area contributed by atoms with Gasteiger partial charge in [0.05, 0.1) is 0 Å². The molecule has 0 unspecified atom stereocenters. The van der Waals surface area contributed by atoms with Crippen LogP contribution in [0.4, 0.5) is 0 Å². The molecule has 128 valence electrons. The van der Waals surface area contributed by atoms with Crippen LogP contribution in [0.1, 0.15) is 39.2 Å². The number of rotatable bonds is 5. The first-order chi connectivity index (χ1) is 10.9. The van der Waals surface area contributed by atoms with Gasteiger partial charge < -0.3 is 5.32 Å². The molecule has 3 nitrogen and oxygen atoms in total. The van der Waals surface area contributed by atoms with Gasteiger partial charge in [0.25, 0.3) is 0 Å². The van der Waals surface area contributed by atoms with Crippen molar-refractivity contribution >= 4 is 17.7 Å². The minimum absolute atomic E-state index is 0.161. The first-order valence-electron chi connectivity index (χ1n) is 8.52. The van der Waals surface area contributed by atoms with Crippen molar-refractivity contribution < 1.29 is 4.79 Å².